The van der Waals surface area contributed by atoms with Gasteiger partial charge in [0, 0.05) is 31.5 Å². The fourth-order valence-electron chi connectivity index (χ4n) is 3.81. The van der Waals surface area contributed by atoms with Crippen LogP contribution in [0.3, 0.4) is 0 Å². The molecule has 1 atom stereocenters. The Morgan fingerprint density at radius 3 is 2.19 bits per heavy atom. The molecule has 0 fully saturated rings. The van der Waals surface area contributed by atoms with Crippen molar-refractivity contribution < 1.29 is 18.0 Å². The van der Waals surface area contributed by atoms with Crippen molar-refractivity contribution in [3.05, 3.63) is 100 Å². The van der Waals surface area contributed by atoms with Crippen LogP contribution in [0.1, 0.15) is 16.7 Å². The van der Waals surface area contributed by atoms with Crippen molar-refractivity contribution in [1.29, 1.82) is 0 Å². The Labute approximate surface area is 221 Å². The summed E-state index contributed by atoms with van der Waals surface area (Å²) in [4.78, 5) is 28.2. The van der Waals surface area contributed by atoms with Gasteiger partial charge in [-0.05, 0) is 42.3 Å². The fraction of sp³-hybridized carbons (Fsp3) is 0.259. The Balaban J connectivity index is 1.94. The third kappa shape index (κ3) is 7.02. The van der Waals surface area contributed by atoms with E-state index in [0.717, 1.165) is 25.5 Å². The van der Waals surface area contributed by atoms with E-state index in [4.69, 9.17) is 0 Å². The molecule has 0 aliphatic heterocycles. The van der Waals surface area contributed by atoms with Gasteiger partial charge in [0.1, 0.15) is 6.04 Å². The van der Waals surface area contributed by atoms with Crippen molar-refractivity contribution in [1.82, 2.24) is 14.5 Å². The van der Waals surface area contributed by atoms with E-state index in [2.05, 4.69) is 21.2 Å². The molecule has 3 aromatic rings. The minimum atomic E-state index is -3.90. The number of benzene rings is 3. The number of aryl methyl sites for hydroxylation is 1. The minimum absolute atomic E-state index is 0.106. The lowest BCUT2D eigenvalue weighted by atomic mass is 10.0. The van der Waals surface area contributed by atoms with Crippen LogP contribution in [0.2, 0.25) is 0 Å². The molecular formula is C27H30BrN3O4S. The molecule has 0 radical (unpaired) electrons. The van der Waals surface area contributed by atoms with Crippen LogP contribution in [0.25, 0.3) is 0 Å². The smallest absolute Gasteiger partial charge is 0.243 e. The van der Waals surface area contributed by atoms with Gasteiger partial charge in [-0.2, -0.15) is 4.31 Å². The normalized spacial score (nSPS) is 12.2. The zero-order valence-electron chi connectivity index (χ0n) is 20.5. The summed E-state index contributed by atoms with van der Waals surface area (Å²) < 4.78 is 28.1. The van der Waals surface area contributed by atoms with Crippen molar-refractivity contribution in [2.75, 3.05) is 20.6 Å². The molecule has 0 aromatic heterocycles. The SMILES string of the molecule is CNC(=O)[C@H](Cc1ccccc1)N(Cc1cccc(Br)c1)C(=O)CN(C)S(=O)(=O)c1ccc(C)cc1. The van der Waals surface area contributed by atoms with E-state index >= 15 is 0 Å². The first-order valence-electron chi connectivity index (χ1n) is 11.4. The summed E-state index contributed by atoms with van der Waals surface area (Å²) >= 11 is 3.45. The highest BCUT2D eigenvalue weighted by Crippen LogP contribution is 2.20. The second-order valence-corrected chi connectivity index (χ2v) is 11.5. The molecule has 36 heavy (non-hydrogen) atoms. The lowest BCUT2D eigenvalue weighted by Crippen LogP contribution is -2.52. The lowest BCUT2D eigenvalue weighted by molar-refractivity contribution is -0.141. The molecule has 0 saturated heterocycles. The Morgan fingerprint density at radius 2 is 1.58 bits per heavy atom. The second kappa shape index (κ2) is 12.3. The van der Waals surface area contributed by atoms with Crippen LogP contribution in [0.4, 0.5) is 0 Å². The van der Waals surface area contributed by atoms with Gasteiger partial charge in [0.2, 0.25) is 21.8 Å². The van der Waals surface area contributed by atoms with Crippen LogP contribution < -0.4 is 5.32 Å². The van der Waals surface area contributed by atoms with E-state index in [1.54, 1.807) is 12.1 Å². The second-order valence-electron chi connectivity index (χ2n) is 8.55. The molecule has 7 nitrogen and oxygen atoms in total. The number of hydrogen-bond donors (Lipinski definition) is 1. The first-order chi connectivity index (χ1) is 17.1. The van der Waals surface area contributed by atoms with Gasteiger partial charge in [0.25, 0.3) is 0 Å². The molecule has 2 amide bonds. The molecule has 0 heterocycles. The topological polar surface area (TPSA) is 86.8 Å². The molecule has 0 aliphatic rings. The number of likely N-dealkylation sites (N-methyl/N-ethyl adjacent to an activating group) is 2. The Hall–Kier alpha value is -3.01. The van der Waals surface area contributed by atoms with E-state index in [1.165, 1.54) is 31.1 Å². The largest absolute Gasteiger partial charge is 0.357 e. The predicted molar refractivity (Wildman–Crippen MR) is 144 cm³/mol. The van der Waals surface area contributed by atoms with E-state index in [0.29, 0.717) is 0 Å². The van der Waals surface area contributed by atoms with Gasteiger partial charge in [-0.3, -0.25) is 9.59 Å². The molecule has 3 rings (SSSR count). The third-order valence-corrected chi connectivity index (χ3v) is 8.16. The van der Waals surface area contributed by atoms with Gasteiger partial charge in [-0.15, -0.1) is 0 Å². The number of hydrogen-bond acceptors (Lipinski definition) is 4. The Kier molecular flexibility index (Phi) is 9.42. The van der Waals surface area contributed by atoms with Crippen LogP contribution in [0.15, 0.2) is 88.2 Å². The van der Waals surface area contributed by atoms with Gasteiger partial charge in [0.15, 0.2) is 0 Å². The molecule has 0 bridgehead atoms. The third-order valence-electron chi connectivity index (χ3n) is 5.85. The van der Waals surface area contributed by atoms with Gasteiger partial charge >= 0.3 is 0 Å². The van der Waals surface area contributed by atoms with E-state index in [-0.39, 0.29) is 23.8 Å². The summed E-state index contributed by atoms with van der Waals surface area (Å²) in [5.41, 5.74) is 2.63. The van der Waals surface area contributed by atoms with Crippen LogP contribution >= 0.6 is 15.9 Å². The van der Waals surface area contributed by atoms with Gasteiger partial charge in [-0.25, -0.2) is 8.42 Å². The average Bonchev–Trinajstić information content (AvgIpc) is 2.86. The Morgan fingerprint density at radius 1 is 0.944 bits per heavy atom. The lowest BCUT2D eigenvalue weighted by Gasteiger charge is -2.32. The van der Waals surface area contributed by atoms with E-state index < -0.39 is 28.5 Å². The van der Waals surface area contributed by atoms with E-state index in [1.807, 2.05) is 61.5 Å². The molecule has 0 unspecified atom stereocenters. The summed E-state index contributed by atoms with van der Waals surface area (Å²) in [6, 6.07) is 22.5. The molecule has 0 saturated carbocycles. The number of nitrogens with one attached hydrogen (secondary N) is 1. The number of carbonyl (C=O) groups is 2. The summed E-state index contributed by atoms with van der Waals surface area (Å²) in [5.74, 6) is -0.802. The number of amides is 2. The fourth-order valence-corrected chi connectivity index (χ4v) is 5.38. The predicted octanol–water partition coefficient (Wildman–Crippen LogP) is 3.76. The number of halogens is 1. The van der Waals surface area contributed by atoms with Crippen molar-refractivity contribution >= 4 is 37.8 Å². The summed E-state index contributed by atoms with van der Waals surface area (Å²) in [6.07, 6.45) is 0.286. The molecule has 3 aromatic carbocycles. The molecule has 0 aliphatic carbocycles. The number of rotatable bonds is 10. The van der Waals surface area contributed by atoms with Gasteiger partial charge in [0.05, 0.1) is 11.4 Å². The highest BCUT2D eigenvalue weighted by Gasteiger charge is 2.32. The van der Waals surface area contributed by atoms with Crippen molar-refractivity contribution in [3.63, 3.8) is 0 Å². The number of nitrogens with zero attached hydrogens (tertiary/aromatic N) is 2. The van der Waals surface area contributed by atoms with Crippen molar-refractivity contribution in [2.45, 2.75) is 30.8 Å². The van der Waals surface area contributed by atoms with Crippen LogP contribution in [-0.4, -0.2) is 56.1 Å². The first-order valence-corrected chi connectivity index (χ1v) is 13.7. The maximum absolute atomic E-state index is 13.7. The van der Waals surface area contributed by atoms with Crippen LogP contribution in [0, 0.1) is 6.92 Å². The minimum Gasteiger partial charge on any atom is -0.357 e. The molecular weight excluding hydrogens is 542 g/mol. The summed E-state index contributed by atoms with van der Waals surface area (Å²) in [6.45, 7) is 1.60. The molecule has 9 heteroatoms. The maximum atomic E-state index is 13.7. The monoisotopic (exact) mass is 571 g/mol. The number of carbonyl (C=O) groups excluding carboxylic acids is 2. The highest BCUT2D eigenvalue weighted by molar-refractivity contribution is 9.10. The average molecular weight is 573 g/mol. The van der Waals surface area contributed by atoms with Crippen molar-refractivity contribution in [3.8, 4) is 0 Å². The highest BCUT2D eigenvalue weighted by atomic mass is 79.9. The van der Waals surface area contributed by atoms with Gasteiger partial charge in [-0.1, -0.05) is 76.1 Å². The quantitative estimate of drug-likeness (QED) is 0.401. The summed E-state index contributed by atoms with van der Waals surface area (Å²) in [7, 11) is -1.00. The van der Waals surface area contributed by atoms with Crippen LogP contribution in [-0.2, 0) is 32.6 Å². The maximum Gasteiger partial charge on any atom is 0.243 e. The van der Waals surface area contributed by atoms with Crippen molar-refractivity contribution in [2.24, 2.45) is 0 Å². The zero-order chi connectivity index (χ0) is 26.3. The number of sulfonamides is 1. The van der Waals surface area contributed by atoms with E-state index in [9.17, 15) is 18.0 Å². The Bertz CT molecular complexity index is 1300. The standard InChI is InChI=1S/C27H30BrN3O4S/c1-20-12-14-24(15-13-20)36(34,35)30(3)19-26(32)31(18-22-10-7-11-23(28)16-22)25(27(33)29-2)17-21-8-5-4-6-9-21/h4-16,25H,17-19H2,1-3H3,(H,29,33)/t25-/m0/s1. The molecule has 0 spiro atoms. The van der Waals surface area contributed by atoms with Gasteiger partial charge < -0.3 is 10.2 Å². The zero-order valence-corrected chi connectivity index (χ0v) is 22.9. The summed E-state index contributed by atoms with van der Waals surface area (Å²) in [5, 5.41) is 2.66. The molecule has 1 N–H and O–H groups in total. The first kappa shape index (κ1) is 27.6. The molecule has 190 valence electrons. The van der Waals surface area contributed by atoms with Crippen LogP contribution in [0.5, 0.6) is 0 Å².